The predicted octanol–water partition coefficient (Wildman–Crippen LogP) is 7.41. The molecule has 0 spiro atoms. The fourth-order valence-corrected chi connectivity index (χ4v) is 3.81. The van der Waals surface area contributed by atoms with Gasteiger partial charge in [-0.1, -0.05) is 65.8 Å². The Balaban J connectivity index is 0.00000109. The standard InChI is InChI=1S/C22H30O.C2H6/c1-5-16-6-7-18-15-21(11-8-17(18)14-16)23-20-12-9-19(10-13-20)22(2,3)4;1-2/h6-8,11,14-15,19-20H,5,9-10,12-13H2,1-4H3;1-2H3. The molecule has 0 aromatic heterocycles. The van der Waals surface area contributed by atoms with Crippen LogP contribution in [-0.4, -0.2) is 6.10 Å². The third kappa shape index (κ3) is 5.23. The third-order valence-corrected chi connectivity index (χ3v) is 5.49. The molecule has 1 nitrogen and oxygen atoms in total. The number of hydrogen-bond acceptors (Lipinski definition) is 1. The van der Waals surface area contributed by atoms with Gasteiger partial charge in [0.1, 0.15) is 5.75 Å². The predicted molar refractivity (Wildman–Crippen MR) is 111 cm³/mol. The van der Waals surface area contributed by atoms with Crippen LogP contribution < -0.4 is 4.74 Å². The smallest absolute Gasteiger partial charge is 0.120 e. The number of rotatable bonds is 3. The van der Waals surface area contributed by atoms with E-state index in [0.29, 0.717) is 11.5 Å². The van der Waals surface area contributed by atoms with Crippen LogP contribution in [0.25, 0.3) is 10.8 Å². The van der Waals surface area contributed by atoms with Crippen LogP contribution in [0, 0.1) is 11.3 Å². The first kappa shape index (κ1) is 19.8. The number of aryl methyl sites for hydroxylation is 1. The molecule has 1 saturated carbocycles. The maximum absolute atomic E-state index is 6.28. The number of benzene rings is 2. The number of ether oxygens (including phenoxy) is 1. The third-order valence-electron chi connectivity index (χ3n) is 5.49. The van der Waals surface area contributed by atoms with Gasteiger partial charge in [0.15, 0.2) is 0 Å². The normalized spacial score (nSPS) is 20.7. The molecule has 0 N–H and O–H groups in total. The molecule has 1 fully saturated rings. The van der Waals surface area contributed by atoms with Crippen LogP contribution in [0.4, 0.5) is 0 Å². The zero-order chi connectivity index (χ0) is 18.4. The van der Waals surface area contributed by atoms with Gasteiger partial charge in [-0.25, -0.2) is 0 Å². The summed E-state index contributed by atoms with van der Waals surface area (Å²) in [6.07, 6.45) is 6.44. The Morgan fingerprint density at radius 1 is 0.880 bits per heavy atom. The van der Waals surface area contributed by atoms with Gasteiger partial charge in [0.2, 0.25) is 0 Å². The molecule has 0 radical (unpaired) electrons. The molecule has 25 heavy (non-hydrogen) atoms. The summed E-state index contributed by atoms with van der Waals surface area (Å²) < 4.78 is 6.28. The summed E-state index contributed by atoms with van der Waals surface area (Å²) >= 11 is 0. The molecule has 0 bridgehead atoms. The second-order valence-electron chi connectivity index (χ2n) is 8.15. The van der Waals surface area contributed by atoms with Crippen LogP contribution in [0.5, 0.6) is 5.75 Å². The van der Waals surface area contributed by atoms with E-state index in [1.807, 2.05) is 13.8 Å². The average Bonchev–Trinajstić information content (AvgIpc) is 2.62. The molecule has 2 aromatic carbocycles. The maximum atomic E-state index is 6.28. The van der Waals surface area contributed by atoms with Crippen molar-refractivity contribution < 1.29 is 4.74 Å². The first-order valence-electron chi connectivity index (χ1n) is 10.1. The molecule has 1 heteroatoms. The lowest BCUT2D eigenvalue weighted by Crippen LogP contribution is -2.30. The second-order valence-corrected chi connectivity index (χ2v) is 8.15. The lowest BCUT2D eigenvalue weighted by atomic mass is 9.72. The van der Waals surface area contributed by atoms with Gasteiger partial charge in [0.05, 0.1) is 6.10 Å². The summed E-state index contributed by atoms with van der Waals surface area (Å²) in [4.78, 5) is 0. The summed E-state index contributed by atoms with van der Waals surface area (Å²) in [5.41, 5.74) is 1.83. The van der Waals surface area contributed by atoms with E-state index in [9.17, 15) is 0 Å². The molecular formula is C24H36O. The second kappa shape index (κ2) is 8.74. The van der Waals surface area contributed by atoms with Gasteiger partial charge in [-0.3, -0.25) is 0 Å². The van der Waals surface area contributed by atoms with Crippen LogP contribution in [0.1, 0.15) is 72.8 Å². The molecule has 0 saturated heterocycles. The van der Waals surface area contributed by atoms with E-state index in [1.165, 1.54) is 42.0 Å². The Hall–Kier alpha value is -1.50. The van der Waals surface area contributed by atoms with Crippen molar-refractivity contribution in [1.82, 2.24) is 0 Å². The Morgan fingerprint density at radius 2 is 1.48 bits per heavy atom. The van der Waals surface area contributed by atoms with Crippen LogP contribution >= 0.6 is 0 Å². The lowest BCUT2D eigenvalue weighted by molar-refractivity contribution is 0.0883. The summed E-state index contributed by atoms with van der Waals surface area (Å²) in [7, 11) is 0. The molecule has 0 aliphatic heterocycles. The summed E-state index contributed by atoms with van der Waals surface area (Å²) in [6, 6.07) is 13.3. The maximum Gasteiger partial charge on any atom is 0.120 e. The zero-order valence-electron chi connectivity index (χ0n) is 17.1. The Kier molecular flexibility index (Phi) is 6.93. The zero-order valence-corrected chi connectivity index (χ0v) is 17.1. The van der Waals surface area contributed by atoms with Crippen molar-refractivity contribution in [3.05, 3.63) is 42.0 Å². The largest absolute Gasteiger partial charge is 0.490 e. The van der Waals surface area contributed by atoms with Gasteiger partial charge < -0.3 is 4.74 Å². The monoisotopic (exact) mass is 340 g/mol. The van der Waals surface area contributed by atoms with E-state index in [0.717, 1.165) is 18.1 Å². The van der Waals surface area contributed by atoms with Gasteiger partial charge in [-0.2, -0.15) is 0 Å². The molecule has 0 atom stereocenters. The van der Waals surface area contributed by atoms with Gasteiger partial charge in [-0.15, -0.1) is 0 Å². The van der Waals surface area contributed by atoms with Crippen molar-refractivity contribution in [3.63, 3.8) is 0 Å². The summed E-state index contributed by atoms with van der Waals surface area (Å²) in [6.45, 7) is 13.3. The van der Waals surface area contributed by atoms with Crippen LogP contribution in [0.2, 0.25) is 0 Å². The van der Waals surface area contributed by atoms with Gasteiger partial charge in [0, 0.05) is 0 Å². The summed E-state index contributed by atoms with van der Waals surface area (Å²) in [5.74, 6) is 1.87. The Bertz CT molecular complexity index is 657. The average molecular weight is 341 g/mol. The summed E-state index contributed by atoms with van der Waals surface area (Å²) in [5, 5.41) is 2.59. The van der Waals surface area contributed by atoms with Gasteiger partial charge >= 0.3 is 0 Å². The first-order chi connectivity index (χ1) is 12.0. The van der Waals surface area contributed by atoms with Crippen molar-refractivity contribution in [2.45, 2.75) is 79.8 Å². The first-order valence-corrected chi connectivity index (χ1v) is 10.1. The molecule has 3 rings (SSSR count). The molecule has 0 amide bonds. The van der Waals surface area contributed by atoms with Crippen molar-refractivity contribution in [1.29, 1.82) is 0 Å². The Morgan fingerprint density at radius 3 is 2.08 bits per heavy atom. The minimum Gasteiger partial charge on any atom is -0.490 e. The van der Waals surface area contributed by atoms with Crippen molar-refractivity contribution in [2.75, 3.05) is 0 Å². The fraction of sp³-hybridized carbons (Fsp3) is 0.583. The molecule has 0 unspecified atom stereocenters. The molecule has 1 aliphatic carbocycles. The highest BCUT2D eigenvalue weighted by molar-refractivity contribution is 5.84. The van der Waals surface area contributed by atoms with E-state index >= 15 is 0 Å². The van der Waals surface area contributed by atoms with Gasteiger partial charge in [-0.05, 0) is 71.9 Å². The van der Waals surface area contributed by atoms with Crippen LogP contribution in [-0.2, 0) is 6.42 Å². The molecule has 2 aromatic rings. The van der Waals surface area contributed by atoms with Crippen LogP contribution in [0.15, 0.2) is 36.4 Å². The number of hydrogen-bond donors (Lipinski definition) is 0. The van der Waals surface area contributed by atoms with E-state index in [4.69, 9.17) is 4.74 Å². The van der Waals surface area contributed by atoms with Crippen molar-refractivity contribution >= 4 is 10.8 Å². The molecule has 138 valence electrons. The minimum atomic E-state index is 0.390. The highest BCUT2D eigenvalue weighted by atomic mass is 16.5. The SMILES string of the molecule is CC.CCc1ccc2cc(OC3CCC(C(C)(C)C)CC3)ccc2c1. The number of fused-ring (bicyclic) bond motifs is 1. The van der Waals surface area contributed by atoms with E-state index < -0.39 is 0 Å². The van der Waals surface area contributed by atoms with Crippen LogP contribution in [0.3, 0.4) is 0 Å². The van der Waals surface area contributed by atoms with E-state index in [2.05, 4.69) is 64.1 Å². The lowest BCUT2D eigenvalue weighted by Gasteiger charge is -2.37. The minimum absolute atomic E-state index is 0.390. The topological polar surface area (TPSA) is 9.23 Å². The van der Waals surface area contributed by atoms with Crippen molar-refractivity contribution in [3.8, 4) is 5.75 Å². The van der Waals surface area contributed by atoms with Gasteiger partial charge in [0.25, 0.3) is 0 Å². The highest BCUT2D eigenvalue weighted by Gasteiger charge is 2.30. The van der Waals surface area contributed by atoms with E-state index in [-0.39, 0.29) is 0 Å². The Labute approximate surface area is 154 Å². The highest BCUT2D eigenvalue weighted by Crippen LogP contribution is 2.38. The fourth-order valence-electron chi connectivity index (χ4n) is 3.81. The quantitative estimate of drug-likeness (QED) is 0.565. The molecular weight excluding hydrogens is 304 g/mol. The molecule has 1 aliphatic rings. The molecule has 0 heterocycles. The van der Waals surface area contributed by atoms with E-state index in [1.54, 1.807) is 0 Å². The van der Waals surface area contributed by atoms with Crippen molar-refractivity contribution in [2.24, 2.45) is 11.3 Å².